The van der Waals surface area contributed by atoms with Gasteiger partial charge in [-0.1, -0.05) is 38.5 Å². The summed E-state index contributed by atoms with van der Waals surface area (Å²) in [6.45, 7) is 7.16. The summed E-state index contributed by atoms with van der Waals surface area (Å²) in [6, 6.07) is 0. The number of unbranched alkanes of at least 4 members (excludes halogenated alkanes) is 2. The quantitative estimate of drug-likeness (QED) is 0.843. The number of aryl methyl sites for hydroxylation is 1. The highest BCUT2D eigenvalue weighted by Crippen LogP contribution is 2.23. The summed E-state index contributed by atoms with van der Waals surface area (Å²) < 4.78 is 1.89. The SMILES string of the molecule is CC(C)(C)c1nnc2sc(CCCCCN)nn12. The fourth-order valence-electron chi connectivity index (χ4n) is 1.82. The maximum Gasteiger partial charge on any atom is 0.234 e. The Bertz CT molecular complexity index is 508. The Morgan fingerprint density at radius 2 is 1.94 bits per heavy atom. The lowest BCUT2D eigenvalue weighted by atomic mass is 9.96. The van der Waals surface area contributed by atoms with Crippen molar-refractivity contribution in [3.05, 3.63) is 10.8 Å². The van der Waals surface area contributed by atoms with Gasteiger partial charge in [0.1, 0.15) is 5.01 Å². The summed E-state index contributed by atoms with van der Waals surface area (Å²) >= 11 is 1.64. The molecule has 2 aromatic rings. The zero-order chi connectivity index (χ0) is 13.2. The largest absolute Gasteiger partial charge is 0.330 e. The summed E-state index contributed by atoms with van der Waals surface area (Å²) in [6.07, 6.45) is 4.42. The fourth-order valence-corrected chi connectivity index (χ4v) is 2.70. The second-order valence-corrected chi connectivity index (χ2v) is 6.60. The first-order valence-corrected chi connectivity index (χ1v) is 7.25. The molecular weight excluding hydrogens is 246 g/mol. The third-order valence-electron chi connectivity index (χ3n) is 2.80. The maximum absolute atomic E-state index is 5.49. The third-order valence-corrected chi connectivity index (χ3v) is 3.76. The van der Waals surface area contributed by atoms with Crippen molar-refractivity contribution in [3.8, 4) is 0 Å². The van der Waals surface area contributed by atoms with E-state index < -0.39 is 0 Å². The Balaban J connectivity index is 2.11. The van der Waals surface area contributed by atoms with E-state index in [0.29, 0.717) is 0 Å². The average molecular weight is 267 g/mol. The van der Waals surface area contributed by atoms with Gasteiger partial charge in [0, 0.05) is 11.8 Å². The highest BCUT2D eigenvalue weighted by atomic mass is 32.1. The molecule has 0 atom stereocenters. The zero-order valence-electron chi connectivity index (χ0n) is 11.3. The average Bonchev–Trinajstić information content (AvgIpc) is 2.81. The van der Waals surface area contributed by atoms with E-state index in [1.54, 1.807) is 11.3 Å². The molecule has 2 rings (SSSR count). The number of aromatic nitrogens is 4. The van der Waals surface area contributed by atoms with Gasteiger partial charge in [-0.25, -0.2) is 0 Å². The molecule has 18 heavy (non-hydrogen) atoms. The Labute approximate surface area is 111 Å². The summed E-state index contributed by atoms with van der Waals surface area (Å²) in [4.78, 5) is 0.897. The van der Waals surface area contributed by atoms with Crippen molar-refractivity contribution in [3.63, 3.8) is 0 Å². The lowest BCUT2D eigenvalue weighted by Crippen LogP contribution is -2.16. The highest BCUT2D eigenvalue weighted by Gasteiger charge is 2.23. The molecule has 2 aromatic heterocycles. The van der Waals surface area contributed by atoms with Gasteiger partial charge in [0.25, 0.3) is 0 Å². The Morgan fingerprint density at radius 3 is 2.61 bits per heavy atom. The Morgan fingerprint density at radius 1 is 1.17 bits per heavy atom. The molecular formula is C12H21N5S. The monoisotopic (exact) mass is 267 g/mol. The van der Waals surface area contributed by atoms with Crippen molar-refractivity contribution < 1.29 is 0 Å². The van der Waals surface area contributed by atoms with E-state index in [9.17, 15) is 0 Å². The van der Waals surface area contributed by atoms with Crippen LogP contribution in [0, 0.1) is 0 Å². The predicted molar refractivity (Wildman–Crippen MR) is 74.0 cm³/mol. The van der Waals surface area contributed by atoms with Gasteiger partial charge in [-0.2, -0.15) is 9.61 Å². The second-order valence-electron chi connectivity index (χ2n) is 5.56. The third kappa shape index (κ3) is 2.87. The van der Waals surface area contributed by atoms with Crippen molar-refractivity contribution in [2.24, 2.45) is 5.73 Å². The van der Waals surface area contributed by atoms with Crippen LogP contribution in [0.1, 0.15) is 50.9 Å². The van der Waals surface area contributed by atoms with Crippen LogP contribution in [0.15, 0.2) is 0 Å². The summed E-state index contributed by atoms with van der Waals surface area (Å²) in [5.41, 5.74) is 5.46. The molecule has 0 aliphatic rings. The number of nitrogens with two attached hydrogens (primary N) is 1. The Kier molecular flexibility index (Phi) is 3.97. The van der Waals surface area contributed by atoms with Crippen molar-refractivity contribution >= 4 is 16.3 Å². The molecule has 0 saturated heterocycles. The summed E-state index contributed by atoms with van der Waals surface area (Å²) in [7, 11) is 0. The van der Waals surface area contributed by atoms with Crippen LogP contribution in [0.2, 0.25) is 0 Å². The van der Waals surface area contributed by atoms with Crippen LogP contribution in [-0.4, -0.2) is 26.4 Å². The van der Waals surface area contributed by atoms with Crippen LogP contribution >= 0.6 is 11.3 Å². The van der Waals surface area contributed by atoms with Gasteiger partial charge in [-0.3, -0.25) is 0 Å². The highest BCUT2D eigenvalue weighted by molar-refractivity contribution is 7.16. The van der Waals surface area contributed by atoms with E-state index in [2.05, 4.69) is 36.1 Å². The molecule has 2 heterocycles. The molecule has 0 fully saturated rings. The van der Waals surface area contributed by atoms with Gasteiger partial charge in [0.05, 0.1) is 0 Å². The first-order chi connectivity index (χ1) is 8.52. The maximum atomic E-state index is 5.49. The van der Waals surface area contributed by atoms with Crippen molar-refractivity contribution in [1.82, 2.24) is 19.8 Å². The summed E-state index contributed by atoms with van der Waals surface area (Å²) in [5.74, 6) is 0.932. The van der Waals surface area contributed by atoms with Gasteiger partial charge in [-0.05, 0) is 19.4 Å². The van der Waals surface area contributed by atoms with E-state index >= 15 is 0 Å². The first-order valence-electron chi connectivity index (χ1n) is 6.44. The minimum absolute atomic E-state index is 0.0235. The summed E-state index contributed by atoms with van der Waals surface area (Å²) in [5, 5.41) is 14.2. The number of hydrogen-bond acceptors (Lipinski definition) is 5. The van der Waals surface area contributed by atoms with Crippen molar-refractivity contribution in [2.75, 3.05) is 6.54 Å². The van der Waals surface area contributed by atoms with Gasteiger partial charge in [-0.15, -0.1) is 10.2 Å². The Hall–Kier alpha value is -1.01. The smallest absolute Gasteiger partial charge is 0.234 e. The van der Waals surface area contributed by atoms with Gasteiger partial charge < -0.3 is 5.73 Å². The van der Waals surface area contributed by atoms with E-state index in [-0.39, 0.29) is 5.41 Å². The lowest BCUT2D eigenvalue weighted by molar-refractivity contribution is 0.526. The van der Waals surface area contributed by atoms with E-state index in [1.807, 2.05) is 4.52 Å². The van der Waals surface area contributed by atoms with Crippen LogP contribution in [-0.2, 0) is 11.8 Å². The molecule has 0 aromatic carbocycles. The number of hydrogen-bond donors (Lipinski definition) is 1. The molecule has 0 unspecified atom stereocenters. The fraction of sp³-hybridized carbons (Fsp3) is 0.750. The number of rotatable bonds is 5. The minimum atomic E-state index is -0.0235. The van der Waals surface area contributed by atoms with Gasteiger partial charge in [0.2, 0.25) is 4.96 Å². The lowest BCUT2D eigenvalue weighted by Gasteiger charge is -2.13. The van der Waals surface area contributed by atoms with E-state index in [0.717, 1.165) is 41.6 Å². The predicted octanol–water partition coefficient (Wildman–Crippen LogP) is 2.15. The van der Waals surface area contributed by atoms with E-state index in [4.69, 9.17) is 5.73 Å². The van der Waals surface area contributed by atoms with Crippen molar-refractivity contribution in [1.29, 1.82) is 0 Å². The molecule has 0 amide bonds. The van der Waals surface area contributed by atoms with Crippen LogP contribution in [0.5, 0.6) is 0 Å². The van der Waals surface area contributed by atoms with Crippen LogP contribution in [0.3, 0.4) is 0 Å². The molecule has 0 radical (unpaired) electrons. The molecule has 2 N–H and O–H groups in total. The number of nitrogens with zero attached hydrogens (tertiary/aromatic N) is 4. The van der Waals surface area contributed by atoms with E-state index in [1.165, 1.54) is 6.42 Å². The van der Waals surface area contributed by atoms with Crippen LogP contribution < -0.4 is 5.73 Å². The first kappa shape index (κ1) is 13.4. The topological polar surface area (TPSA) is 69.1 Å². The minimum Gasteiger partial charge on any atom is -0.330 e. The molecule has 6 heteroatoms. The van der Waals surface area contributed by atoms with Crippen LogP contribution in [0.25, 0.3) is 4.96 Å². The molecule has 0 saturated carbocycles. The molecule has 5 nitrogen and oxygen atoms in total. The van der Waals surface area contributed by atoms with Gasteiger partial charge in [0.15, 0.2) is 5.82 Å². The zero-order valence-corrected chi connectivity index (χ0v) is 12.1. The number of fused-ring (bicyclic) bond motifs is 1. The standard InChI is InChI=1S/C12H21N5S/c1-12(2,3)10-14-15-11-17(10)16-9(18-11)7-5-4-6-8-13/h4-8,13H2,1-3H3. The normalized spacial score (nSPS) is 12.4. The van der Waals surface area contributed by atoms with Crippen LogP contribution in [0.4, 0.5) is 0 Å². The second kappa shape index (κ2) is 5.32. The molecule has 0 bridgehead atoms. The molecule has 0 aliphatic heterocycles. The molecule has 0 aliphatic carbocycles. The molecule has 100 valence electrons. The van der Waals surface area contributed by atoms with Crippen molar-refractivity contribution in [2.45, 2.75) is 51.9 Å². The van der Waals surface area contributed by atoms with Gasteiger partial charge >= 0.3 is 0 Å². The molecule has 0 spiro atoms.